The average Bonchev–Trinajstić information content (AvgIpc) is 2.98. The SMILES string of the molecule is CCCc1cc(C(N)=O)c(NC(=O)[C@@H]2C3CCC(CC3)[C@H]2C(=O)O)s1. The number of primary amides is 1. The van der Waals surface area contributed by atoms with Crippen molar-refractivity contribution in [3.8, 4) is 0 Å². The number of carboxylic acids is 1. The van der Waals surface area contributed by atoms with E-state index in [4.69, 9.17) is 5.73 Å². The Morgan fingerprint density at radius 2 is 1.80 bits per heavy atom. The van der Waals surface area contributed by atoms with Gasteiger partial charge in [0.05, 0.1) is 17.4 Å². The van der Waals surface area contributed by atoms with Gasteiger partial charge < -0.3 is 16.2 Å². The number of carbonyl (C=O) groups excluding carboxylic acids is 2. The highest BCUT2D eigenvalue weighted by Gasteiger charge is 2.50. The van der Waals surface area contributed by atoms with E-state index in [0.717, 1.165) is 43.4 Å². The molecule has 7 heteroatoms. The molecule has 0 aliphatic heterocycles. The molecular formula is C18H24N2O4S. The van der Waals surface area contributed by atoms with E-state index < -0.39 is 23.7 Å². The second-order valence-electron chi connectivity index (χ2n) is 7.12. The van der Waals surface area contributed by atoms with Gasteiger partial charge in [0.25, 0.3) is 5.91 Å². The lowest BCUT2D eigenvalue weighted by Crippen LogP contribution is -2.49. The van der Waals surface area contributed by atoms with E-state index in [1.54, 1.807) is 6.07 Å². The highest BCUT2D eigenvalue weighted by atomic mass is 32.1. The molecule has 2 bridgehead atoms. The van der Waals surface area contributed by atoms with Crippen LogP contribution in [0.25, 0.3) is 0 Å². The number of hydrogen-bond acceptors (Lipinski definition) is 4. The summed E-state index contributed by atoms with van der Waals surface area (Å²) in [5.41, 5.74) is 5.75. The maximum atomic E-state index is 12.9. The van der Waals surface area contributed by atoms with Crippen molar-refractivity contribution < 1.29 is 19.5 Å². The molecule has 2 atom stereocenters. The smallest absolute Gasteiger partial charge is 0.307 e. The summed E-state index contributed by atoms with van der Waals surface area (Å²) < 4.78 is 0. The number of anilines is 1. The molecule has 1 aromatic heterocycles. The average molecular weight is 364 g/mol. The summed E-state index contributed by atoms with van der Waals surface area (Å²) in [4.78, 5) is 37.3. The molecule has 2 amide bonds. The van der Waals surface area contributed by atoms with E-state index in [2.05, 4.69) is 5.32 Å². The van der Waals surface area contributed by atoms with E-state index in [9.17, 15) is 19.5 Å². The molecule has 136 valence electrons. The zero-order chi connectivity index (χ0) is 18.1. The van der Waals surface area contributed by atoms with Gasteiger partial charge >= 0.3 is 5.97 Å². The van der Waals surface area contributed by atoms with E-state index in [0.29, 0.717) is 10.6 Å². The molecule has 25 heavy (non-hydrogen) atoms. The van der Waals surface area contributed by atoms with Gasteiger partial charge in [-0.25, -0.2) is 0 Å². The molecule has 3 saturated carbocycles. The van der Waals surface area contributed by atoms with Crippen LogP contribution in [-0.4, -0.2) is 22.9 Å². The second-order valence-corrected chi connectivity index (χ2v) is 8.26. The topological polar surface area (TPSA) is 109 Å². The number of rotatable bonds is 6. The highest BCUT2D eigenvalue weighted by Crippen LogP contribution is 2.49. The monoisotopic (exact) mass is 364 g/mol. The van der Waals surface area contributed by atoms with Gasteiger partial charge in [-0.05, 0) is 50.0 Å². The number of thiophene rings is 1. The fourth-order valence-corrected chi connectivity index (χ4v) is 5.63. The fraction of sp³-hybridized carbons (Fsp3) is 0.611. The number of hydrogen-bond donors (Lipinski definition) is 3. The fourth-order valence-electron chi connectivity index (χ4n) is 4.46. The van der Waals surface area contributed by atoms with Gasteiger partial charge in [-0.15, -0.1) is 11.3 Å². The van der Waals surface area contributed by atoms with Crippen LogP contribution >= 0.6 is 11.3 Å². The van der Waals surface area contributed by atoms with Crippen LogP contribution in [0.3, 0.4) is 0 Å². The number of aliphatic carboxylic acids is 1. The van der Waals surface area contributed by atoms with Crippen molar-refractivity contribution in [2.24, 2.45) is 29.4 Å². The summed E-state index contributed by atoms with van der Waals surface area (Å²) in [6.07, 6.45) is 5.32. The number of carbonyl (C=O) groups is 3. The number of aryl methyl sites for hydroxylation is 1. The van der Waals surface area contributed by atoms with Crippen molar-refractivity contribution in [2.45, 2.75) is 45.4 Å². The van der Waals surface area contributed by atoms with E-state index >= 15 is 0 Å². The molecular weight excluding hydrogens is 340 g/mol. The van der Waals surface area contributed by atoms with Crippen molar-refractivity contribution >= 4 is 34.1 Å². The summed E-state index contributed by atoms with van der Waals surface area (Å²) in [5, 5.41) is 12.9. The normalized spacial score (nSPS) is 27.9. The van der Waals surface area contributed by atoms with Crippen LogP contribution < -0.4 is 11.1 Å². The Hall–Kier alpha value is -1.89. The number of nitrogens with two attached hydrogens (primary N) is 1. The minimum Gasteiger partial charge on any atom is -0.481 e. The maximum Gasteiger partial charge on any atom is 0.307 e. The van der Waals surface area contributed by atoms with Gasteiger partial charge in [0.15, 0.2) is 0 Å². The molecule has 3 aliphatic carbocycles. The predicted molar refractivity (Wildman–Crippen MR) is 95.5 cm³/mol. The number of fused-ring (bicyclic) bond motifs is 3. The first-order valence-corrected chi connectivity index (χ1v) is 9.70. The summed E-state index contributed by atoms with van der Waals surface area (Å²) in [5.74, 6) is -2.71. The molecule has 3 fully saturated rings. The lowest BCUT2D eigenvalue weighted by atomic mass is 9.58. The van der Waals surface area contributed by atoms with Gasteiger partial charge in [0, 0.05) is 4.88 Å². The van der Waals surface area contributed by atoms with Gasteiger partial charge in [-0.1, -0.05) is 13.3 Å². The van der Waals surface area contributed by atoms with Gasteiger partial charge in [0.2, 0.25) is 5.91 Å². The number of nitrogens with one attached hydrogen (secondary N) is 1. The first-order chi connectivity index (χ1) is 11.9. The Labute approximate surface area is 150 Å². The summed E-state index contributed by atoms with van der Waals surface area (Å²) in [6.45, 7) is 2.04. The van der Waals surface area contributed by atoms with Crippen molar-refractivity contribution in [1.29, 1.82) is 0 Å². The third-order valence-electron chi connectivity index (χ3n) is 5.59. The summed E-state index contributed by atoms with van der Waals surface area (Å²) in [7, 11) is 0. The van der Waals surface area contributed by atoms with Crippen molar-refractivity contribution in [1.82, 2.24) is 0 Å². The summed E-state index contributed by atoms with van der Waals surface area (Å²) in [6, 6.07) is 1.73. The van der Waals surface area contributed by atoms with E-state index in [-0.39, 0.29) is 17.7 Å². The summed E-state index contributed by atoms with van der Waals surface area (Å²) >= 11 is 1.35. The van der Waals surface area contributed by atoms with Crippen molar-refractivity contribution in [2.75, 3.05) is 5.32 Å². The molecule has 0 radical (unpaired) electrons. The Kier molecular flexibility index (Phi) is 5.13. The Bertz CT molecular complexity index is 691. The van der Waals surface area contributed by atoms with Crippen LogP contribution in [0.15, 0.2) is 6.07 Å². The number of carboxylic acid groups (broad SMARTS) is 1. The molecule has 0 saturated heterocycles. The molecule has 0 aromatic carbocycles. The zero-order valence-electron chi connectivity index (χ0n) is 14.3. The van der Waals surface area contributed by atoms with E-state index in [1.165, 1.54) is 11.3 Å². The first kappa shape index (κ1) is 17.9. The molecule has 1 aromatic rings. The molecule has 0 unspecified atom stereocenters. The van der Waals surface area contributed by atoms with E-state index in [1.807, 2.05) is 6.92 Å². The second kappa shape index (κ2) is 7.15. The van der Waals surface area contributed by atoms with Crippen LogP contribution in [0.4, 0.5) is 5.00 Å². The third-order valence-corrected chi connectivity index (χ3v) is 6.70. The Morgan fingerprint density at radius 3 is 2.32 bits per heavy atom. The van der Waals surface area contributed by atoms with Gasteiger partial charge in [-0.2, -0.15) is 0 Å². The van der Waals surface area contributed by atoms with Crippen LogP contribution in [-0.2, 0) is 16.0 Å². The minimum absolute atomic E-state index is 0.0767. The van der Waals surface area contributed by atoms with Crippen LogP contribution in [0.1, 0.15) is 54.3 Å². The van der Waals surface area contributed by atoms with Gasteiger partial charge in [-0.3, -0.25) is 14.4 Å². The van der Waals surface area contributed by atoms with Crippen molar-refractivity contribution in [3.63, 3.8) is 0 Å². The first-order valence-electron chi connectivity index (χ1n) is 8.88. The Morgan fingerprint density at radius 1 is 1.20 bits per heavy atom. The van der Waals surface area contributed by atoms with Gasteiger partial charge in [0.1, 0.15) is 5.00 Å². The standard InChI is InChI=1S/C18H24N2O4S/c1-2-3-11-8-12(15(19)21)17(25-11)20-16(22)13-9-4-6-10(7-5-9)14(13)18(23)24/h8-10,13-14H,2-7H2,1H3,(H2,19,21)(H,20,22)(H,23,24)/t9?,10?,13-,14-/m1/s1. The predicted octanol–water partition coefficient (Wildman–Crippen LogP) is 2.88. The van der Waals surface area contributed by atoms with Crippen LogP contribution in [0.5, 0.6) is 0 Å². The number of amides is 2. The quantitative estimate of drug-likeness (QED) is 0.721. The lowest BCUT2D eigenvalue weighted by Gasteiger charge is -2.45. The molecule has 0 spiro atoms. The Balaban J connectivity index is 1.84. The van der Waals surface area contributed by atoms with Crippen LogP contribution in [0, 0.1) is 23.7 Å². The van der Waals surface area contributed by atoms with Crippen molar-refractivity contribution in [3.05, 3.63) is 16.5 Å². The minimum atomic E-state index is -0.887. The molecule has 4 N–H and O–H groups in total. The maximum absolute atomic E-state index is 12.9. The largest absolute Gasteiger partial charge is 0.481 e. The molecule has 1 heterocycles. The molecule has 4 rings (SSSR count). The zero-order valence-corrected chi connectivity index (χ0v) is 15.1. The highest BCUT2D eigenvalue weighted by molar-refractivity contribution is 7.16. The van der Waals surface area contributed by atoms with Crippen LogP contribution in [0.2, 0.25) is 0 Å². The molecule has 6 nitrogen and oxygen atoms in total. The lowest BCUT2D eigenvalue weighted by molar-refractivity contribution is -0.156. The third kappa shape index (κ3) is 3.42. The molecule has 3 aliphatic rings.